The third kappa shape index (κ3) is 3.45. The Bertz CT molecular complexity index is 773. The Morgan fingerprint density at radius 2 is 1.75 bits per heavy atom. The highest BCUT2D eigenvalue weighted by Gasteiger charge is 2.61. The number of aliphatic hydroxyl groups is 1. The van der Waals surface area contributed by atoms with Crippen molar-refractivity contribution in [2.45, 2.75) is 76.9 Å². The van der Waals surface area contributed by atoms with E-state index < -0.39 is 17.1 Å². The Morgan fingerprint density at radius 3 is 2.36 bits per heavy atom. The van der Waals surface area contributed by atoms with Crippen molar-refractivity contribution in [3.63, 3.8) is 0 Å². The highest BCUT2D eigenvalue weighted by molar-refractivity contribution is 5.96. The summed E-state index contributed by atoms with van der Waals surface area (Å²) in [5.41, 5.74) is 0.487. The number of nitrogens with one attached hydrogen (secondary N) is 1. The average molecular weight is 386 g/mol. The smallest absolute Gasteiger partial charge is 0.312 e. The predicted octanol–water partition coefficient (Wildman–Crippen LogP) is 4.01. The molecule has 0 aliphatic heterocycles. The number of para-hydroxylation sites is 1. The van der Waals surface area contributed by atoms with E-state index in [9.17, 15) is 14.7 Å². The molecule has 4 saturated carbocycles. The van der Waals surface area contributed by atoms with Crippen LogP contribution in [0.25, 0.3) is 0 Å². The van der Waals surface area contributed by atoms with E-state index >= 15 is 0 Å². The number of carbonyl (C=O) groups is 2. The lowest BCUT2D eigenvalue weighted by molar-refractivity contribution is -0.199. The molecule has 0 heterocycles. The summed E-state index contributed by atoms with van der Waals surface area (Å²) < 4.78 is 5.65. The topological polar surface area (TPSA) is 75.6 Å². The van der Waals surface area contributed by atoms with Gasteiger partial charge in [0.05, 0.1) is 11.0 Å². The van der Waals surface area contributed by atoms with E-state index in [1.54, 1.807) is 6.92 Å². The summed E-state index contributed by atoms with van der Waals surface area (Å²) in [5.74, 6) is 0.466. The molecule has 4 aliphatic carbocycles. The molecule has 4 fully saturated rings. The fraction of sp³-hybridized carbons (Fsp3) is 0.652. The van der Waals surface area contributed by atoms with E-state index in [2.05, 4.69) is 19.2 Å². The van der Waals surface area contributed by atoms with E-state index in [1.807, 2.05) is 24.3 Å². The van der Waals surface area contributed by atoms with Gasteiger partial charge in [0.2, 0.25) is 0 Å². The summed E-state index contributed by atoms with van der Waals surface area (Å²) >= 11 is 0. The van der Waals surface area contributed by atoms with Crippen molar-refractivity contribution in [1.29, 1.82) is 0 Å². The van der Waals surface area contributed by atoms with Gasteiger partial charge in [0, 0.05) is 5.69 Å². The van der Waals surface area contributed by atoms with Crippen LogP contribution in [0.3, 0.4) is 0 Å². The maximum Gasteiger partial charge on any atom is 0.312 e. The third-order valence-corrected chi connectivity index (χ3v) is 6.96. The Kier molecular flexibility index (Phi) is 4.77. The maximum absolute atomic E-state index is 13.1. The fourth-order valence-electron chi connectivity index (χ4n) is 6.14. The molecule has 2 N–H and O–H groups in total. The van der Waals surface area contributed by atoms with Gasteiger partial charge in [-0.2, -0.15) is 0 Å². The van der Waals surface area contributed by atoms with Crippen molar-refractivity contribution < 1.29 is 19.4 Å². The average Bonchev–Trinajstić information content (AvgIpc) is 2.59. The lowest BCUT2D eigenvalue weighted by Gasteiger charge is -2.58. The summed E-state index contributed by atoms with van der Waals surface area (Å²) in [6.45, 7) is 5.78. The molecule has 5 heteroatoms. The first-order chi connectivity index (χ1) is 13.2. The number of hydrogen-bond acceptors (Lipinski definition) is 4. The molecule has 0 saturated heterocycles. The van der Waals surface area contributed by atoms with E-state index in [4.69, 9.17) is 4.74 Å². The number of amides is 1. The zero-order valence-corrected chi connectivity index (χ0v) is 17.0. The summed E-state index contributed by atoms with van der Waals surface area (Å²) in [4.78, 5) is 25.7. The van der Waals surface area contributed by atoms with Gasteiger partial charge in [-0.3, -0.25) is 9.59 Å². The number of rotatable bonds is 5. The molecule has 0 spiro atoms. The normalized spacial score (nSPS) is 34.3. The van der Waals surface area contributed by atoms with Gasteiger partial charge >= 0.3 is 5.97 Å². The SMILES string of the molecule is CC(C)c1ccccc1NC(=O)[C@@H](C)OC(=O)C12C[C@@H]3C[C@@H](CC(O)(C3)C1)C2. The Balaban J connectivity index is 1.43. The van der Waals surface area contributed by atoms with Crippen LogP contribution in [0.15, 0.2) is 24.3 Å². The maximum atomic E-state index is 13.1. The number of benzene rings is 1. The second-order valence-electron chi connectivity index (χ2n) is 9.74. The van der Waals surface area contributed by atoms with Crippen molar-refractivity contribution in [1.82, 2.24) is 0 Å². The summed E-state index contributed by atoms with van der Waals surface area (Å²) in [6, 6.07) is 7.70. The number of esters is 1. The van der Waals surface area contributed by atoms with Crippen LogP contribution >= 0.6 is 0 Å². The molecule has 0 radical (unpaired) electrons. The summed E-state index contributed by atoms with van der Waals surface area (Å²) in [6.07, 6.45) is 3.91. The lowest BCUT2D eigenvalue weighted by atomic mass is 9.48. The van der Waals surface area contributed by atoms with Crippen LogP contribution in [0.2, 0.25) is 0 Å². The molecule has 1 aromatic carbocycles. The van der Waals surface area contributed by atoms with Crippen LogP contribution < -0.4 is 5.32 Å². The molecule has 152 valence electrons. The molecule has 4 aliphatic rings. The largest absolute Gasteiger partial charge is 0.452 e. The molecular formula is C23H31NO4. The molecule has 0 aromatic heterocycles. The quantitative estimate of drug-likeness (QED) is 0.751. The van der Waals surface area contributed by atoms with E-state index in [0.29, 0.717) is 18.3 Å². The van der Waals surface area contributed by atoms with Crippen molar-refractivity contribution in [2.24, 2.45) is 17.3 Å². The second-order valence-corrected chi connectivity index (χ2v) is 9.74. The Labute approximate surface area is 166 Å². The molecule has 5 nitrogen and oxygen atoms in total. The van der Waals surface area contributed by atoms with Gasteiger partial charge in [-0.15, -0.1) is 0 Å². The van der Waals surface area contributed by atoms with Gasteiger partial charge in [0.25, 0.3) is 5.91 Å². The minimum atomic E-state index is -0.865. The molecule has 5 atom stereocenters. The summed E-state index contributed by atoms with van der Waals surface area (Å²) in [5, 5.41) is 13.8. The number of hydrogen-bond donors (Lipinski definition) is 2. The molecule has 28 heavy (non-hydrogen) atoms. The van der Waals surface area contributed by atoms with Gasteiger partial charge < -0.3 is 15.2 Å². The van der Waals surface area contributed by atoms with Crippen molar-refractivity contribution in [3.05, 3.63) is 29.8 Å². The van der Waals surface area contributed by atoms with Gasteiger partial charge in [-0.25, -0.2) is 0 Å². The van der Waals surface area contributed by atoms with E-state index in [-0.39, 0.29) is 17.8 Å². The number of carbonyl (C=O) groups excluding carboxylic acids is 2. The van der Waals surface area contributed by atoms with Gasteiger partial charge in [-0.1, -0.05) is 32.0 Å². The van der Waals surface area contributed by atoms with Gasteiger partial charge in [-0.05, 0) is 74.8 Å². The Hall–Kier alpha value is -1.88. The highest BCUT2D eigenvalue weighted by atomic mass is 16.5. The third-order valence-electron chi connectivity index (χ3n) is 6.96. The molecule has 1 aromatic rings. The number of anilines is 1. The molecule has 2 unspecified atom stereocenters. The van der Waals surface area contributed by atoms with Crippen LogP contribution in [-0.2, 0) is 14.3 Å². The van der Waals surface area contributed by atoms with Crippen molar-refractivity contribution in [2.75, 3.05) is 5.32 Å². The zero-order valence-electron chi connectivity index (χ0n) is 17.0. The first kappa shape index (κ1) is 19.4. The van der Waals surface area contributed by atoms with E-state index in [1.165, 1.54) is 0 Å². The minimum Gasteiger partial charge on any atom is -0.452 e. The summed E-state index contributed by atoms with van der Waals surface area (Å²) in [7, 11) is 0. The highest BCUT2D eigenvalue weighted by Crippen LogP contribution is 2.62. The van der Waals surface area contributed by atoms with Crippen LogP contribution in [0, 0.1) is 17.3 Å². The molecule has 4 bridgehead atoms. The van der Waals surface area contributed by atoms with Crippen LogP contribution in [-0.4, -0.2) is 28.7 Å². The Morgan fingerprint density at radius 1 is 1.11 bits per heavy atom. The van der Waals surface area contributed by atoms with Crippen molar-refractivity contribution in [3.8, 4) is 0 Å². The van der Waals surface area contributed by atoms with Crippen molar-refractivity contribution >= 4 is 17.6 Å². The van der Waals surface area contributed by atoms with Crippen LogP contribution in [0.1, 0.15) is 70.8 Å². The fourth-order valence-corrected chi connectivity index (χ4v) is 6.14. The minimum absolute atomic E-state index is 0.280. The second kappa shape index (κ2) is 6.87. The number of ether oxygens (including phenoxy) is 1. The predicted molar refractivity (Wildman–Crippen MR) is 107 cm³/mol. The van der Waals surface area contributed by atoms with Crippen LogP contribution in [0.5, 0.6) is 0 Å². The van der Waals surface area contributed by atoms with Crippen LogP contribution in [0.4, 0.5) is 5.69 Å². The van der Waals surface area contributed by atoms with E-state index in [0.717, 1.165) is 43.4 Å². The molecule has 5 rings (SSSR count). The lowest BCUT2D eigenvalue weighted by Crippen LogP contribution is -2.59. The first-order valence-corrected chi connectivity index (χ1v) is 10.5. The zero-order chi connectivity index (χ0) is 20.1. The van der Waals surface area contributed by atoms with Gasteiger partial charge in [0.1, 0.15) is 0 Å². The molecular weight excluding hydrogens is 354 g/mol. The monoisotopic (exact) mass is 385 g/mol. The van der Waals surface area contributed by atoms with Gasteiger partial charge in [0.15, 0.2) is 6.10 Å². The first-order valence-electron chi connectivity index (χ1n) is 10.5. The molecule has 1 amide bonds. The standard InChI is InChI=1S/C23H31NO4/c1-14(2)18-6-4-5-7-19(18)24-20(25)15(3)28-21(26)22-9-16-8-17(10-22)12-23(27,11-16)13-22/h4-7,14-17,27H,8-13H2,1-3H3,(H,24,25)/t15-,16-,17+,22?,23?/m1/s1.